The molecule has 0 bridgehead atoms. The van der Waals surface area contributed by atoms with Crippen LogP contribution in [0.3, 0.4) is 0 Å². The highest BCUT2D eigenvalue weighted by Crippen LogP contribution is 2.28. The third-order valence-electron chi connectivity index (χ3n) is 2.29. The lowest BCUT2D eigenvalue weighted by molar-refractivity contribution is 0.290. The number of para-hydroxylation sites is 1. The Morgan fingerprint density at radius 1 is 1.35 bits per heavy atom. The third kappa shape index (κ3) is 3.90. The van der Waals surface area contributed by atoms with Crippen molar-refractivity contribution in [3.63, 3.8) is 0 Å². The molecule has 6 heteroatoms. The molecule has 4 N–H and O–H groups in total. The summed E-state index contributed by atoms with van der Waals surface area (Å²) < 4.78 is 27.9. The lowest BCUT2D eigenvalue weighted by Gasteiger charge is -2.12. The van der Waals surface area contributed by atoms with Crippen molar-refractivity contribution in [2.24, 2.45) is 11.1 Å². The molecule has 0 amide bonds. The van der Waals surface area contributed by atoms with Crippen LogP contribution in [0, 0.1) is 5.92 Å². The van der Waals surface area contributed by atoms with Gasteiger partial charge >= 0.3 is 0 Å². The number of sulfonamides is 1. The van der Waals surface area contributed by atoms with Gasteiger partial charge in [0.15, 0.2) is 0 Å². The molecule has 0 spiro atoms. The monoisotopic (exact) mass is 258 g/mol. The van der Waals surface area contributed by atoms with Gasteiger partial charge < -0.3 is 10.5 Å². The molecule has 0 saturated heterocycles. The Morgan fingerprint density at radius 3 is 2.53 bits per heavy atom. The Morgan fingerprint density at radius 2 is 2.00 bits per heavy atom. The molecular formula is C11H18N2O3S. The molecule has 0 fully saturated rings. The summed E-state index contributed by atoms with van der Waals surface area (Å²) in [6.07, 6.45) is 0.874. The number of hydrogen-bond acceptors (Lipinski definition) is 4. The normalized spacial score (nSPS) is 11.8. The van der Waals surface area contributed by atoms with Crippen molar-refractivity contribution >= 4 is 15.7 Å². The molecular weight excluding hydrogens is 240 g/mol. The van der Waals surface area contributed by atoms with Gasteiger partial charge in [0.25, 0.3) is 0 Å². The van der Waals surface area contributed by atoms with E-state index in [1.807, 2.05) is 0 Å². The summed E-state index contributed by atoms with van der Waals surface area (Å²) >= 11 is 0. The van der Waals surface area contributed by atoms with Crippen LogP contribution in [0.15, 0.2) is 23.1 Å². The van der Waals surface area contributed by atoms with E-state index in [9.17, 15) is 8.42 Å². The Kier molecular flexibility index (Phi) is 4.36. The van der Waals surface area contributed by atoms with Gasteiger partial charge in [-0.2, -0.15) is 0 Å². The molecule has 0 heterocycles. The molecule has 0 aromatic heterocycles. The highest BCUT2D eigenvalue weighted by atomic mass is 32.2. The fraction of sp³-hybridized carbons (Fsp3) is 0.455. The van der Waals surface area contributed by atoms with Gasteiger partial charge in [0.2, 0.25) is 10.0 Å². The zero-order valence-corrected chi connectivity index (χ0v) is 10.8. The molecule has 0 atom stereocenters. The Labute approximate surface area is 102 Å². The Balaban J connectivity index is 2.88. The fourth-order valence-corrected chi connectivity index (χ4v) is 1.98. The van der Waals surface area contributed by atoms with Crippen molar-refractivity contribution in [3.8, 4) is 5.75 Å². The van der Waals surface area contributed by atoms with Crippen LogP contribution in [0.2, 0.25) is 0 Å². The molecule has 0 aliphatic heterocycles. The fourth-order valence-electron chi connectivity index (χ4n) is 1.30. The van der Waals surface area contributed by atoms with E-state index in [1.165, 1.54) is 6.07 Å². The molecule has 0 aliphatic rings. The zero-order chi connectivity index (χ0) is 13.1. The van der Waals surface area contributed by atoms with Gasteiger partial charge in [0, 0.05) is 0 Å². The summed E-state index contributed by atoms with van der Waals surface area (Å²) in [5, 5.41) is 5.04. The van der Waals surface area contributed by atoms with E-state index in [-0.39, 0.29) is 10.6 Å². The van der Waals surface area contributed by atoms with E-state index >= 15 is 0 Å². The second-order valence-electron chi connectivity index (χ2n) is 4.24. The van der Waals surface area contributed by atoms with Crippen LogP contribution in [-0.4, -0.2) is 15.0 Å². The predicted molar refractivity (Wildman–Crippen MR) is 67.2 cm³/mol. The largest absolute Gasteiger partial charge is 0.491 e. The molecule has 5 nitrogen and oxygen atoms in total. The van der Waals surface area contributed by atoms with E-state index in [1.54, 1.807) is 12.1 Å². The maximum absolute atomic E-state index is 11.2. The van der Waals surface area contributed by atoms with Crippen molar-refractivity contribution < 1.29 is 13.2 Å². The van der Waals surface area contributed by atoms with Gasteiger partial charge in [-0.05, 0) is 24.5 Å². The molecule has 17 heavy (non-hydrogen) atoms. The minimum Gasteiger partial charge on any atom is -0.491 e. The Bertz CT molecular complexity index is 483. The number of primary sulfonamides is 1. The maximum atomic E-state index is 11.2. The van der Waals surface area contributed by atoms with Gasteiger partial charge in [-0.15, -0.1) is 0 Å². The predicted octanol–water partition coefficient (Wildman–Crippen LogP) is 1.34. The van der Waals surface area contributed by atoms with Crippen LogP contribution in [0.25, 0.3) is 0 Å². The van der Waals surface area contributed by atoms with Crippen molar-refractivity contribution in [2.75, 3.05) is 12.3 Å². The molecule has 0 aliphatic carbocycles. The standard InChI is InChI=1S/C11H18N2O3S/c1-8(2)6-7-16-9-4-3-5-10(11(9)12)17(13,14)15/h3-5,8H,6-7,12H2,1-2H3,(H2,13,14,15). The summed E-state index contributed by atoms with van der Waals surface area (Å²) in [5.74, 6) is 0.870. The van der Waals surface area contributed by atoms with Gasteiger partial charge in [-0.25, -0.2) is 13.6 Å². The number of rotatable bonds is 5. The van der Waals surface area contributed by atoms with Crippen molar-refractivity contribution in [1.82, 2.24) is 0 Å². The van der Waals surface area contributed by atoms with E-state index in [4.69, 9.17) is 15.6 Å². The molecule has 1 aromatic carbocycles. The topological polar surface area (TPSA) is 95.4 Å². The SMILES string of the molecule is CC(C)CCOc1cccc(S(N)(=O)=O)c1N. The lowest BCUT2D eigenvalue weighted by atomic mass is 10.1. The van der Waals surface area contributed by atoms with Gasteiger partial charge in [-0.3, -0.25) is 0 Å². The molecule has 1 rings (SSSR count). The molecule has 96 valence electrons. The number of ether oxygens (including phenoxy) is 1. The first kappa shape index (κ1) is 13.8. The number of nitrogens with two attached hydrogens (primary N) is 2. The second kappa shape index (κ2) is 5.37. The quantitative estimate of drug-likeness (QED) is 0.779. The van der Waals surface area contributed by atoms with Crippen molar-refractivity contribution in [3.05, 3.63) is 18.2 Å². The highest BCUT2D eigenvalue weighted by Gasteiger charge is 2.15. The van der Waals surface area contributed by atoms with Crippen molar-refractivity contribution in [2.45, 2.75) is 25.2 Å². The van der Waals surface area contributed by atoms with Crippen LogP contribution in [0.4, 0.5) is 5.69 Å². The first-order chi connectivity index (χ1) is 7.82. The number of hydrogen-bond donors (Lipinski definition) is 2. The van der Waals surface area contributed by atoms with Gasteiger partial charge in [0.1, 0.15) is 10.6 Å². The minimum atomic E-state index is -3.80. The summed E-state index contributed by atoms with van der Waals surface area (Å²) in [6.45, 7) is 4.65. The second-order valence-corrected chi connectivity index (χ2v) is 5.77. The van der Waals surface area contributed by atoms with E-state index in [2.05, 4.69) is 13.8 Å². The summed E-state index contributed by atoms with van der Waals surface area (Å²) in [6, 6.07) is 4.55. The summed E-state index contributed by atoms with van der Waals surface area (Å²) in [4.78, 5) is -0.0976. The van der Waals surface area contributed by atoms with Gasteiger partial charge in [0.05, 0.1) is 12.3 Å². The lowest BCUT2D eigenvalue weighted by Crippen LogP contribution is -2.15. The smallest absolute Gasteiger partial charge is 0.240 e. The summed E-state index contributed by atoms with van der Waals surface area (Å²) in [5.41, 5.74) is 5.77. The highest BCUT2D eigenvalue weighted by molar-refractivity contribution is 7.89. The molecule has 1 aromatic rings. The van der Waals surface area contributed by atoms with Crippen LogP contribution in [0.1, 0.15) is 20.3 Å². The first-order valence-corrected chi connectivity index (χ1v) is 6.91. The molecule has 0 unspecified atom stereocenters. The minimum absolute atomic E-state index is 0.0683. The average molecular weight is 258 g/mol. The molecule has 0 radical (unpaired) electrons. The third-order valence-corrected chi connectivity index (χ3v) is 3.25. The van der Waals surface area contributed by atoms with Crippen LogP contribution in [0.5, 0.6) is 5.75 Å². The zero-order valence-electron chi connectivity index (χ0n) is 10.0. The van der Waals surface area contributed by atoms with Crippen molar-refractivity contribution in [1.29, 1.82) is 0 Å². The molecule has 0 saturated carbocycles. The summed E-state index contributed by atoms with van der Waals surface area (Å²) in [7, 11) is -3.80. The average Bonchev–Trinajstić information content (AvgIpc) is 2.18. The van der Waals surface area contributed by atoms with Gasteiger partial charge in [-0.1, -0.05) is 19.9 Å². The van der Waals surface area contributed by atoms with Crippen LogP contribution in [-0.2, 0) is 10.0 Å². The number of benzene rings is 1. The van der Waals surface area contributed by atoms with E-state index in [0.717, 1.165) is 6.42 Å². The van der Waals surface area contributed by atoms with E-state index < -0.39 is 10.0 Å². The maximum Gasteiger partial charge on any atom is 0.240 e. The number of anilines is 1. The number of nitrogen functional groups attached to an aromatic ring is 1. The van der Waals surface area contributed by atoms with E-state index in [0.29, 0.717) is 18.3 Å². The van der Waals surface area contributed by atoms with Crippen LogP contribution < -0.4 is 15.6 Å². The Hall–Kier alpha value is -1.27. The van der Waals surface area contributed by atoms with Crippen LogP contribution >= 0.6 is 0 Å². The first-order valence-electron chi connectivity index (χ1n) is 5.36.